The van der Waals surface area contributed by atoms with E-state index in [2.05, 4.69) is 17.2 Å². The van der Waals surface area contributed by atoms with Crippen molar-refractivity contribution in [3.8, 4) is 0 Å². The lowest BCUT2D eigenvalue weighted by atomic mass is 9.94. The fourth-order valence-corrected chi connectivity index (χ4v) is 1.86. The molecule has 0 aliphatic carbocycles. The van der Waals surface area contributed by atoms with Crippen LogP contribution in [0, 0.1) is 5.92 Å². The molecular weight excluding hydrogens is 232 g/mol. The number of hydrogen-bond donors (Lipinski definition) is 4. The van der Waals surface area contributed by atoms with Gasteiger partial charge >= 0.3 is 5.97 Å². The number of rotatable bonds is 10. The summed E-state index contributed by atoms with van der Waals surface area (Å²) >= 11 is 0. The van der Waals surface area contributed by atoms with Crippen LogP contribution in [0.25, 0.3) is 0 Å². The SMILES string of the molecule is CCCCC(CN=C(N)N)C[C@H](NCC)C(=O)O. The van der Waals surface area contributed by atoms with Crippen molar-refractivity contribution < 1.29 is 9.90 Å². The molecule has 6 heteroatoms. The molecule has 18 heavy (non-hydrogen) atoms. The lowest BCUT2D eigenvalue weighted by Gasteiger charge is -2.20. The number of carboxylic acid groups (broad SMARTS) is 1. The predicted octanol–water partition coefficient (Wildman–Crippen LogP) is 0.519. The Morgan fingerprint density at radius 2 is 2.06 bits per heavy atom. The summed E-state index contributed by atoms with van der Waals surface area (Å²) < 4.78 is 0. The van der Waals surface area contributed by atoms with Crippen LogP contribution in [0.2, 0.25) is 0 Å². The lowest BCUT2D eigenvalue weighted by Crippen LogP contribution is -2.38. The number of nitrogens with two attached hydrogens (primary N) is 2. The standard InChI is InChI=1S/C12H26N4O2/c1-3-5-6-9(8-16-12(13)14)7-10(11(17)18)15-4-2/h9-10,15H,3-8H2,1-2H3,(H,17,18)(H4,13,14,16)/t9?,10-/m0/s1. The van der Waals surface area contributed by atoms with Gasteiger partial charge in [0.15, 0.2) is 5.96 Å². The van der Waals surface area contributed by atoms with Crippen molar-refractivity contribution in [2.75, 3.05) is 13.1 Å². The maximum absolute atomic E-state index is 11.1. The molecule has 0 aromatic rings. The van der Waals surface area contributed by atoms with E-state index in [1.165, 1.54) is 0 Å². The van der Waals surface area contributed by atoms with E-state index in [9.17, 15) is 4.79 Å². The maximum atomic E-state index is 11.1. The van der Waals surface area contributed by atoms with Gasteiger partial charge in [-0.2, -0.15) is 0 Å². The van der Waals surface area contributed by atoms with E-state index in [1.54, 1.807) is 0 Å². The number of nitrogens with zero attached hydrogens (tertiary/aromatic N) is 1. The van der Waals surface area contributed by atoms with Crippen molar-refractivity contribution in [3.63, 3.8) is 0 Å². The summed E-state index contributed by atoms with van der Waals surface area (Å²) in [5.74, 6) is -0.554. The molecule has 0 radical (unpaired) electrons. The molecule has 106 valence electrons. The third-order valence-corrected chi connectivity index (χ3v) is 2.82. The van der Waals surface area contributed by atoms with Gasteiger partial charge in [-0.1, -0.05) is 26.7 Å². The number of carboxylic acids is 1. The van der Waals surface area contributed by atoms with Gasteiger partial charge in [0.1, 0.15) is 6.04 Å². The Morgan fingerprint density at radius 1 is 1.39 bits per heavy atom. The summed E-state index contributed by atoms with van der Waals surface area (Å²) in [6.45, 7) is 5.14. The van der Waals surface area contributed by atoms with Crippen LogP contribution in [-0.4, -0.2) is 36.2 Å². The molecule has 0 aromatic heterocycles. The van der Waals surface area contributed by atoms with Crippen molar-refractivity contribution in [1.29, 1.82) is 0 Å². The first-order valence-electron chi connectivity index (χ1n) is 6.52. The summed E-state index contributed by atoms with van der Waals surface area (Å²) in [5, 5.41) is 12.1. The number of unbranched alkanes of at least 4 members (excludes halogenated alkanes) is 1. The number of hydrogen-bond acceptors (Lipinski definition) is 3. The normalized spacial score (nSPS) is 13.9. The number of aliphatic imine (C=N–C) groups is 1. The molecule has 0 aromatic carbocycles. The van der Waals surface area contributed by atoms with Crippen LogP contribution < -0.4 is 16.8 Å². The molecule has 0 saturated heterocycles. The van der Waals surface area contributed by atoms with Crippen molar-refractivity contribution in [1.82, 2.24) is 5.32 Å². The monoisotopic (exact) mass is 258 g/mol. The number of aliphatic carboxylic acids is 1. The number of carbonyl (C=O) groups is 1. The fourth-order valence-electron chi connectivity index (χ4n) is 1.86. The van der Waals surface area contributed by atoms with E-state index in [0.717, 1.165) is 19.3 Å². The van der Waals surface area contributed by atoms with E-state index in [4.69, 9.17) is 16.6 Å². The Hall–Kier alpha value is -1.30. The first-order chi connectivity index (χ1) is 8.51. The number of likely N-dealkylation sites (N-methyl/N-ethyl adjacent to an activating group) is 1. The van der Waals surface area contributed by atoms with Gasteiger partial charge in [0.05, 0.1) is 0 Å². The molecule has 1 unspecified atom stereocenters. The molecule has 0 spiro atoms. The molecular formula is C12H26N4O2. The van der Waals surface area contributed by atoms with Crippen molar-refractivity contribution in [2.45, 2.75) is 45.6 Å². The summed E-state index contributed by atoms with van der Waals surface area (Å²) in [6.07, 6.45) is 3.64. The minimum absolute atomic E-state index is 0.0619. The molecule has 0 saturated carbocycles. The Labute approximate surface area is 109 Å². The minimum Gasteiger partial charge on any atom is -0.480 e. The highest BCUT2D eigenvalue weighted by molar-refractivity contribution is 5.75. The van der Waals surface area contributed by atoms with E-state index < -0.39 is 12.0 Å². The second-order valence-corrected chi connectivity index (χ2v) is 4.46. The first kappa shape index (κ1) is 16.7. The lowest BCUT2D eigenvalue weighted by molar-refractivity contribution is -0.139. The Morgan fingerprint density at radius 3 is 2.50 bits per heavy atom. The maximum Gasteiger partial charge on any atom is 0.320 e. The molecule has 0 aliphatic heterocycles. The van der Waals surface area contributed by atoms with E-state index in [0.29, 0.717) is 19.5 Å². The third kappa shape index (κ3) is 7.89. The highest BCUT2D eigenvalue weighted by atomic mass is 16.4. The van der Waals surface area contributed by atoms with Crippen LogP contribution in [0.4, 0.5) is 0 Å². The number of guanidine groups is 1. The van der Waals surface area contributed by atoms with Gasteiger partial charge in [0.2, 0.25) is 0 Å². The van der Waals surface area contributed by atoms with Crippen LogP contribution in [-0.2, 0) is 4.79 Å². The topological polar surface area (TPSA) is 114 Å². The average Bonchev–Trinajstić information content (AvgIpc) is 2.31. The Balaban J connectivity index is 4.42. The van der Waals surface area contributed by atoms with Gasteiger partial charge in [-0.05, 0) is 25.3 Å². The molecule has 0 fully saturated rings. The zero-order valence-electron chi connectivity index (χ0n) is 11.4. The first-order valence-corrected chi connectivity index (χ1v) is 6.52. The minimum atomic E-state index is -0.817. The van der Waals surface area contributed by atoms with E-state index in [1.807, 2.05) is 6.92 Å². The van der Waals surface area contributed by atoms with Gasteiger partial charge in [-0.25, -0.2) is 0 Å². The predicted molar refractivity (Wildman–Crippen MR) is 73.4 cm³/mol. The van der Waals surface area contributed by atoms with Crippen LogP contribution in [0.5, 0.6) is 0 Å². The van der Waals surface area contributed by atoms with Crippen LogP contribution in [0.15, 0.2) is 4.99 Å². The molecule has 0 bridgehead atoms. The van der Waals surface area contributed by atoms with Gasteiger partial charge in [0.25, 0.3) is 0 Å². The summed E-state index contributed by atoms with van der Waals surface area (Å²) in [4.78, 5) is 15.1. The average molecular weight is 258 g/mol. The van der Waals surface area contributed by atoms with Gasteiger partial charge in [-0.3, -0.25) is 9.79 Å². The second kappa shape index (κ2) is 9.70. The Bertz CT molecular complexity index is 265. The molecule has 6 nitrogen and oxygen atoms in total. The van der Waals surface area contributed by atoms with Crippen LogP contribution in [0.3, 0.4) is 0 Å². The molecule has 0 heterocycles. The molecule has 2 atom stereocenters. The van der Waals surface area contributed by atoms with Crippen molar-refractivity contribution in [3.05, 3.63) is 0 Å². The van der Waals surface area contributed by atoms with Crippen LogP contribution in [0.1, 0.15) is 39.5 Å². The third-order valence-electron chi connectivity index (χ3n) is 2.82. The fraction of sp³-hybridized carbons (Fsp3) is 0.833. The second-order valence-electron chi connectivity index (χ2n) is 4.46. The van der Waals surface area contributed by atoms with E-state index >= 15 is 0 Å². The Kier molecular flexibility index (Phi) is 9.00. The molecule has 0 aliphatic rings. The molecule has 6 N–H and O–H groups in total. The number of nitrogens with one attached hydrogen (secondary N) is 1. The zero-order valence-corrected chi connectivity index (χ0v) is 11.4. The van der Waals surface area contributed by atoms with Crippen molar-refractivity contribution >= 4 is 11.9 Å². The molecule has 0 amide bonds. The summed E-state index contributed by atoms with van der Waals surface area (Å²) in [6, 6.07) is -0.522. The van der Waals surface area contributed by atoms with Crippen molar-refractivity contribution in [2.24, 2.45) is 22.4 Å². The highest BCUT2D eigenvalue weighted by Crippen LogP contribution is 2.16. The highest BCUT2D eigenvalue weighted by Gasteiger charge is 2.21. The summed E-state index contributed by atoms with van der Waals surface area (Å²) in [7, 11) is 0. The van der Waals surface area contributed by atoms with Gasteiger partial charge in [0, 0.05) is 6.54 Å². The quantitative estimate of drug-likeness (QED) is 0.337. The smallest absolute Gasteiger partial charge is 0.320 e. The summed E-state index contributed by atoms with van der Waals surface area (Å²) in [5.41, 5.74) is 10.6. The van der Waals surface area contributed by atoms with Gasteiger partial charge < -0.3 is 21.9 Å². The molecule has 0 rings (SSSR count). The zero-order chi connectivity index (χ0) is 14.0. The van der Waals surface area contributed by atoms with E-state index in [-0.39, 0.29) is 11.9 Å². The van der Waals surface area contributed by atoms with Gasteiger partial charge in [-0.15, -0.1) is 0 Å². The largest absolute Gasteiger partial charge is 0.480 e. The van der Waals surface area contributed by atoms with Crippen LogP contribution >= 0.6 is 0 Å².